The van der Waals surface area contributed by atoms with Gasteiger partial charge in [-0.25, -0.2) is 0 Å². The van der Waals surface area contributed by atoms with Crippen LogP contribution < -0.4 is 5.32 Å². The van der Waals surface area contributed by atoms with Gasteiger partial charge in [0.1, 0.15) is 0 Å². The number of aliphatic hydroxyl groups is 1. The topological polar surface area (TPSA) is 52.6 Å². The molecule has 76 valence electrons. The molecule has 0 radical (unpaired) electrons. The van der Waals surface area contributed by atoms with E-state index in [1.54, 1.807) is 0 Å². The molecular weight excluding hydrogens is 188 g/mol. The molecule has 2 N–H and O–H groups in total. The van der Waals surface area contributed by atoms with Crippen LogP contribution in [-0.4, -0.2) is 53.9 Å². The van der Waals surface area contributed by atoms with E-state index in [1.807, 2.05) is 4.90 Å². The standard InChI is InChI=1S/C8H16N2O2S/c11-4-2-9-1-3-10-6-7(13)5-8(10)12/h7,9,11,13H,1-6H2. The van der Waals surface area contributed by atoms with E-state index in [-0.39, 0.29) is 17.8 Å². The summed E-state index contributed by atoms with van der Waals surface area (Å²) in [6, 6.07) is 0. The molecule has 0 aromatic carbocycles. The quantitative estimate of drug-likeness (QED) is 0.402. The lowest BCUT2D eigenvalue weighted by Gasteiger charge is -2.15. The Hall–Kier alpha value is -0.260. The van der Waals surface area contributed by atoms with Crippen molar-refractivity contribution in [2.45, 2.75) is 11.7 Å². The molecule has 13 heavy (non-hydrogen) atoms. The summed E-state index contributed by atoms with van der Waals surface area (Å²) < 4.78 is 0. The van der Waals surface area contributed by atoms with Crippen LogP contribution in [0, 0.1) is 0 Å². The van der Waals surface area contributed by atoms with Crippen molar-refractivity contribution in [2.24, 2.45) is 0 Å². The zero-order valence-corrected chi connectivity index (χ0v) is 8.46. The van der Waals surface area contributed by atoms with E-state index >= 15 is 0 Å². The fourth-order valence-electron chi connectivity index (χ4n) is 1.39. The van der Waals surface area contributed by atoms with Crippen LogP contribution in [-0.2, 0) is 4.79 Å². The van der Waals surface area contributed by atoms with Crippen molar-refractivity contribution in [3.63, 3.8) is 0 Å². The number of likely N-dealkylation sites (tertiary alicyclic amines) is 1. The predicted octanol–water partition coefficient (Wildman–Crippen LogP) is -0.901. The van der Waals surface area contributed by atoms with Crippen molar-refractivity contribution in [2.75, 3.05) is 32.8 Å². The molecule has 5 heteroatoms. The van der Waals surface area contributed by atoms with E-state index in [2.05, 4.69) is 17.9 Å². The number of carbonyl (C=O) groups excluding carboxylic acids is 1. The minimum Gasteiger partial charge on any atom is -0.395 e. The Bertz CT molecular complexity index is 178. The molecule has 1 aliphatic rings. The molecule has 1 amide bonds. The highest BCUT2D eigenvalue weighted by Gasteiger charge is 2.26. The van der Waals surface area contributed by atoms with E-state index in [9.17, 15) is 4.79 Å². The maximum atomic E-state index is 11.2. The van der Waals surface area contributed by atoms with Gasteiger partial charge in [0.15, 0.2) is 0 Å². The molecule has 0 aliphatic carbocycles. The molecule has 0 aromatic rings. The summed E-state index contributed by atoms with van der Waals surface area (Å²) in [5.41, 5.74) is 0. The lowest BCUT2D eigenvalue weighted by molar-refractivity contribution is -0.127. The van der Waals surface area contributed by atoms with E-state index in [4.69, 9.17) is 5.11 Å². The second kappa shape index (κ2) is 5.47. The van der Waals surface area contributed by atoms with Crippen molar-refractivity contribution >= 4 is 18.5 Å². The van der Waals surface area contributed by atoms with Crippen LogP contribution >= 0.6 is 12.6 Å². The summed E-state index contributed by atoms with van der Waals surface area (Å²) in [5.74, 6) is 0.186. The summed E-state index contributed by atoms with van der Waals surface area (Å²) in [6.45, 7) is 2.95. The van der Waals surface area contributed by atoms with Crippen LogP contribution in [0.15, 0.2) is 0 Å². The fourth-order valence-corrected chi connectivity index (χ4v) is 1.74. The predicted molar refractivity (Wildman–Crippen MR) is 53.9 cm³/mol. The van der Waals surface area contributed by atoms with Crippen LogP contribution in [0.5, 0.6) is 0 Å². The molecular formula is C8H16N2O2S. The van der Waals surface area contributed by atoms with Gasteiger partial charge in [-0.05, 0) is 0 Å². The van der Waals surface area contributed by atoms with E-state index in [1.165, 1.54) is 0 Å². The van der Waals surface area contributed by atoms with Crippen molar-refractivity contribution in [3.05, 3.63) is 0 Å². The van der Waals surface area contributed by atoms with E-state index in [0.717, 1.165) is 19.6 Å². The summed E-state index contributed by atoms with van der Waals surface area (Å²) in [7, 11) is 0. The van der Waals surface area contributed by atoms with Crippen LogP contribution in [0.3, 0.4) is 0 Å². The number of nitrogens with one attached hydrogen (secondary N) is 1. The lowest BCUT2D eigenvalue weighted by atomic mass is 10.4. The Morgan fingerprint density at radius 1 is 1.62 bits per heavy atom. The first-order valence-corrected chi connectivity index (χ1v) is 5.03. The highest BCUT2D eigenvalue weighted by atomic mass is 32.1. The molecule has 1 heterocycles. The van der Waals surface area contributed by atoms with Crippen molar-refractivity contribution in [1.29, 1.82) is 0 Å². The highest BCUT2D eigenvalue weighted by Crippen LogP contribution is 2.14. The number of aliphatic hydroxyl groups excluding tert-OH is 1. The number of hydrogen-bond acceptors (Lipinski definition) is 4. The van der Waals surface area contributed by atoms with Crippen LogP contribution in [0.4, 0.5) is 0 Å². The minimum absolute atomic E-state index is 0.142. The van der Waals surface area contributed by atoms with Gasteiger partial charge >= 0.3 is 0 Å². The molecule has 0 aromatic heterocycles. The number of hydrogen-bond donors (Lipinski definition) is 3. The van der Waals surface area contributed by atoms with Crippen molar-refractivity contribution in [3.8, 4) is 0 Å². The molecule has 0 saturated carbocycles. The second-order valence-corrected chi connectivity index (χ2v) is 3.90. The van der Waals surface area contributed by atoms with Gasteiger partial charge in [0, 0.05) is 37.8 Å². The molecule has 4 nitrogen and oxygen atoms in total. The Morgan fingerprint density at radius 3 is 2.92 bits per heavy atom. The van der Waals surface area contributed by atoms with Crippen molar-refractivity contribution < 1.29 is 9.90 Å². The fraction of sp³-hybridized carbons (Fsp3) is 0.875. The minimum atomic E-state index is 0.142. The number of nitrogens with zero attached hydrogens (tertiary/aromatic N) is 1. The van der Waals surface area contributed by atoms with E-state index in [0.29, 0.717) is 13.0 Å². The van der Waals surface area contributed by atoms with Gasteiger partial charge in [-0.15, -0.1) is 0 Å². The maximum Gasteiger partial charge on any atom is 0.223 e. The normalized spacial score (nSPS) is 22.8. The first-order chi connectivity index (χ1) is 6.24. The Morgan fingerprint density at radius 2 is 2.38 bits per heavy atom. The van der Waals surface area contributed by atoms with Crippen LogP contribution in [0.1, 0.15) is 6.42 Å². The molecule has 1 fully saturated rings. The van der Waals surface area contributed by atoms with Crippen molar-refractivity contribution in [1.82, 2.24) is 10.2 Å². The largest absolute Gasteiger partial charge is 0.395 e. The molecule has 0 spiro atoms. The van der Waals surface area contributed by atoms with Gasteiger partial charge in [0.25, 0.3) is 0 Å². The average molecular weight is 204 g/mol. The van der Waals surface area contributed by atoms with Gasteiger partial charge in [-0.1, -0.05) is 0 Å². The molecule has 0 bridgehead atoms. The number of rotatable bonds is 5. The first-order valence-electron chi connectivity index (χ1n) is 4.51. The summed E-state index contributed by atoms with van der Waals surface area (Å²) in [4.78, 5) is 13.1. The molecule has 1 aliphatic heterocycles. The van der Waals surface area contributed by atoms with Crippen LogP contribution in [0.2, 0.25) is 0 Å². The number of thiol groups is 1. The Balaban J connectivity index is 2.11. The van der Waals surface area contributed by atoms with E-state index < -0.39 is 0 Å². The smallest absolute Gasteiger partial charge is 0.223 e. The third-order valence-corrected chi connectivity index (χ3v) is 2.39. The van der Waals surface area contributed by atoms with Gasteiger partial charge in [0.2, 0.25) is 5.91 Å². The molecule has 1 atom stereocenters. The molecule has 1 rings (SSSR count). The Labute approximate surface area is 83.7 Å². The zero-order valence-electron chi connectivity index (χ0n) is 7.57. The Kier molecular flexibility index (Phi) is 4.55. The average Bonchev–Trinajstić information content (AvgIpc) is 2.39. The zero-order chi connectivity index (χ0) is 9.68. The molecule has 1 saturated heterocycles. The first kappa shape index (κ1) is 10.8. The maximum absolute atomic E-state index is 11.2. The highest BCUT2D eigenvalue weighted by molar-refractivity contribution is 7.81. The summed E-state index contributed by atoms with van der Waals surface area (Å²) in [5, 5.41) is 11.7. The third kappa shape index (κ3) is 3.54. The van der Waals surface area contributed by atoms with Gasteiger partial charge in [0.05, 0.1) is 6.61 Å². The van der Waals surface area contributed by atoms with Gasteiger partial charge in [-0.2, -0.15) is 12.6 Å². The SMILES string of the molecule is O=C1CC(S)CN1CCNCCO. The summed E-state index contributed by atoms with van der Waals surface area (Å²) in [6.07, 6.45) is 0.559. The molecule has 1 unspecified atom stereocenters. The van der Waals surface area contributed by atoms with Crippen LogP contribution in [0.25, 0.3) is 0 Å². The van der Waals surface area contributed by atoms with Gasteiger partial charge < -0.3 is 15.3 Å². The second-order valence-electron chi connectivity index (χ2n) is 3.17. The lowest BCUT2D eigenvalue weighted by Crippen LogP contribution is -2.34. The van der Waals surface area contributed by atoms with Gasteiger partial charge in [-0.3, -0.25) is 4.79 Å². The summed E-state index contributed by atoms with van der Waals surface area (Å²) >= 11 is 4.25. The number of carbonyl (C=O) groups is 1. The number of amides is 1. The monoisotopic (exact) mass is 204 g/mol. The third-order valence-electron chi connectivity index (χ3n) is 2.04.